The number of hydrogen-bond donors (Lipinski definition) is 0. The number of nitrogens with zero attached hydrogens (tertiary/aromatic N) is 5. The van der Waals surface area contributed by atoms with Crippen LogP contribution in [-0.4, -0.2) is 49.5 Å². The van der Waals surface area contributed by atoms with E-state index in [0.717, 1.165) is 31.4 Å². The molecule has 0 saturated carbocycles. The van der Waals surface area contributed by atoms with Crippen LogP contribution in [-0.2, 0) is 4.74 Å². The van der Waals surface area contributed by atoms with Crippen molar-refractivity contribution in [1.82, 2.24) is 23.8 Å². The molecule has 2 aromatic rings. The van der Waals surface area contributed by atoms with E-state index in [4.69, 9.17) is 9.26 Å². The van der Waals surface area contributed by atoms with Gasteiger partial charge in [0.1, 0.15) is 6.10 Å². The zero-order chi connectivity index (χ0) is 13.4. The van der Waals surface area contributed by atoms with Crippen molar-refractivity contribution in [1.29, 1.82) is 0 Å². The number of piperidine rings is 1. The highest BCUT2D eigenvalue weighted by Gasteiger charge is 2.33. The van der Waals surface area contributed by atoms with Gasteiger partial charge < -0.3 is 9.26 Å². The summed E-state index contributed by atoms with van der Waals surface area (Å²) < 4.78 is 19.2. The second-order valence-electron chi connectivity index (χ2n) is 5.22. The highest BCUT2D eigenvalue weighted by atomic mass is 32.1. The van der Waals surface area contributed by atoms with E-state index in [-0.39, 0.29) is 6.10 Å². The van der Waals surface area contributed by atoms with E-state index < -0.39 is 0 Å². The molecule has 2 fully saturated rings. The molecule has 106 valence electrons. The fourth-order valence-corrected chi connectivity index (χ4v) is 3.27. The van der Waals surface area contributed by atoms with Gasteiger partial charge in [0.25, 0.3) is 5.89 Å². The Morgan fingerprint density at radius 1 is 1.35 bits per heavy atom. The average Bonchev–Trinajstić information content (AvgIpc) is 3.17. The zero-order valence-electron chi connectivity index (χ0n) is 10.9. The molecule has 8 heteroatoms. The number of rotatable bonds is 2. The van der Waals surface area contributed by atoms with Crippen molar-refractivity contribution in [2.24, 2.45) is 0 Å². The molecular formula is C12H15N5O2S. The minimum atomic E-state index is -0.103. The van der Waals surface area contributed by atoms with Crippen LogP contribution in [0.15, 0.2) is 10.7 Å². The first-order valence-electron chi connectivity index (χ1n) is 6.87. The van der Waals surface area contributed by atoms with Gasteiger partial charge in [-0.3, -0.25) is 4.90 Å². The third kappa shape index (κ3) is 2.23. The minimum Gasteiger partial charge on any atom is -0.367 e. The second-order valence-corrected chi connectivity index (χ2v) is 5.77. The molecule has 2 atom stereocenters. The third-order valence-corrected chi connectivity index (χ3v) is 4.43. The Morgan fingerprint density at radius 3 is 3.25 bits per heavy atom. The molecule has 0 radical (unpaired) electrons. The maximum Gasteiger partial charge on any atom is 0.279 e. The van der Waals surface area contributed by atoms with Crippen molar-refractivity contribution >= 4 is 11.7 Å². The van der Waals surface area contributed by atoms with Crippen LogP contribution in [0.1, 0.15) is 31.2 Å². The first kappa shape index (κ1) is 12.4. The number of hydrogen-bond acceptors (Lipinski definition) is 8. The quantitative estimate of drug-likeness (QED) is 0.830. The van der Waals surface area contributed by atoms with E-state index in [0.29, 0.717) is 23.5 Å². The molecular weight excluding hydrogens is 278 g/mol. The summed E-state index contributed by atoms with van der Waals surface area (Å²) in [4.78, 5) is 6.87. The molecule has 2 aliphatic rings. The molecule has 0 N–H and O–H groups in total. The van der Waals surface area contributed by atoms with Gasteiger partial charge in [-0.2, -0.15) is 13.7 Å². The van der Waals surface area contributed by atoms with E-state index in [2.05, 4.69) is 23.8 Å². The predicted molar refractivity (Wildman–Crippen MR) is 71.1 cm³/mol. The summed E-state index contributed by atoms with van der Waals surface area (Å²) in [6, 6.07) is 0.564. The van der Waals surface area contributed by atoms with E-state index in [1.54, 1.807) is 6.20 Å². The first-order chi connectivity index (χ1) is 9.90. The fourth-order valence-electron chi connectivity index (χ4n) is 2.87. The van der Waals surface area contributed by atoms with Gasteiger partial charge in [0.05, 0.1) is 24.5 Å². The summed E-state index contributed by atoms with van der Waals surface area (Å²) in [5, 5.41) is 4.03. The smallest absolute Gasteiger partial charge is 0.279 e. The van der Waals surface area contributed by atoms with Gasteiger partial charge in [0.2, 0.25) is 5.82 Å². The highest BCUT2D eigenvalue weighted by molar-refractivity contribution is 6.99. The minimum absolute atomic E-state index is 0.103. The molecule has 0 aliphatic carbocycles. The summed E-state index contributed by atoms with van der Waals surface area (Å²) in [7, 11) is 0. The molecule has 4 heterocycles. The maximum absolute atomic E-state index is 5.90. The van der Waals surface area contributed by atoms with Gasteiger partial charge in [0.15, 0.2) is 5.69 Å². The lowest BCUT2D eigenvalue weighted by molar-refractivity contribution is -0.0805. The van der Waals surface area contributed by atoms with E-state index in [1.807, 2.05) is 0 Å². The van der Waals surface area contributed by atoms with Crippen LogP contribution in [0, 0.1) is 0 Å². The Hall–Kier alpha value is -1.38. The van der Waals surface area contributed by atoms with Crippen LogP contribution in [0.2, 0.25) is 0 Å². The van der Waals surface area contributed by atoms with Crippen LogP contribution in [0.25, 0.3) is 11.6 Å². The molecule has 2 aromatic heterocycles. The Balaban J connectivity index is 1.50. The van der Waals surface area contributed by atoms with Crippen LogP contribution in [0.3, 0.4) is 0 Å². The lowest BCUT2D eigenvalue weighted by atomic mass is 10.0. The Morgan fingerprint density at radius 2 is 2.35 bits per heavy atom. The first-order valence-corrected chi connectivity index (χ1v) is 7.60. The number of aromatic nitrogens is 4. The normalized spacial score (nSPS) is 27.4. The Labute approximate surface area is 120 Å². The summed E-state index contributed by atoms with van der Waals surface area (Å²) in [6.07, 6.45) is 5.33. The van der Waals surface area contributed by atoms with Gasteiger partial charge in [0, 0.05) is 12.6 Å². The second kappa shape index (κ2) is 5.19. The van der Waals surface area contributed by atoms with Crippen molar-refractivity contribution in [2.45, 2.75) is 31.4 Å². The van der Waals surface area contributed by atoms with Gasteiger partial charge in [-0.25, -0.2) is 0 Å². The van der Waals surface area contributed by atoms with E-state index in [1.165, 1.54) is 19.3 Å². The van der Waals surface area contributed by atoms with E-state index >= 15 is 0 Å². The largest absolute Gasteiger partial charge is 0.367 e. The summed E-state index contributed by atoms with van der Waals surface area (Å²) >= 11 is 1.13. The summed E-state index contributed by atoms with van der Waals surface area (Å²) in [6.45, 7) is 2.75. The molecule has 2 saturated heterocycles. The zero-order valence-corrected chi connectivity index (χ0v) is 11.8. The Bertz CT molecular complexity index is 572. The topological polar surface area (TPSA) is 77.2 Å². The van der Waals surface area contributed by atoms with Crippen LogP contribution < -0.4 is 0 Å². The molecule has 0 amide bonds. The van der Waals surface area contributed by atoms with Gasteiger partial charge in [-0.1, -0.05) is 11.6 Å². The maximum atomic E-state index is 5.90. The van der Waals surface area contributed by atoms with E-state index in [9.17, 15) is 0 Å². The summed E-state index contributed by atoms with van der Waals surface area (Å²) in [5.41, 5.74) is 0.625. The molecule has 20 heavy (non-hydrogen) atoms. The average molecular weight is 293 g/mol. The lowest BCUT2D eigenvalue weighted by Gasteiger charge is -2.41. The van der Waals surface area contributed by atoms with Gasteiger partial charge in [-0.05, 0) is 19.4 Å². The van der Waals surface area contributed by atoms with Crippen LogP contribution in [0.5, 0.6) is 0 Å². The Kier molecular flexibility index (Phi) is 3.21. The van der Waals surface area contributed by atoms with Crippen molar-refractivity contribution in [3.05, 3.63) is 12.0 Å². The van der Waals surface area contributed by atoms with Crippen molar-refractivity contribution in [2.75, 3.05) is 19.7 Å². The number of morpholine rings is 1. The molecule has 0 bridgehead atoms. The summed E-state index contributed by atoms with van der Waals surface area (Å²) in [5.74, 6) is 1.02. The predicted octanol–water partition coefficient (Wildman–Crippen LogP) is 1.51. The molecule has 4 rings (SSSR count). The standard InChI is InChI=1S/C12H15N5O2S/c1-2-4-17-6-10(18-7-8(17)3-1)11-14-12(19-15-11)9-5-13-20-16-9/h5,8,10H,1-4,6-7H2/t8-,10+/m0/s1. The number of fused-ring (bicyclic) bond motifs is 1. The molecule has 0 spiro atoms. The number of ether oxygens (including phenoxy) is 1. The highest BCUT2D eigenvalue weighted by Crippen LogP contribution is 2.29. The SMILES string of the molecule is c1nsnc1-c1nc([C@H]2CN3CCCC[C@H]3CO2)no1. The molecule has 7 nitrogen and oxygen atoms in total. The molecule has 0 aromatic carbocycles. The van der Waals surface area contributed by atoms with Crippen LogP contribution in [0.4, 0.5) is 0 Å². The van der Waals surface area contributed by atoms with Crippen molar-refractivity contribution in [3.63, 3.8) is 0 Å². The van der Waals surface area contributed by atoms with Gasteiger partial charge in [-0.15, -0.1) is 0 Å². The van der Waals surface area contributed by atoms with Crippen LogP contribution >= 0.6 is 11.7 Å². The third-order valence-electron chi connectivity index (χ3n) is 3.95. The molecule has 2 aliphatic heterocycles. The fraction of sp³-hybridized carbons (Fsp3) is 0.667. The monoisotopic (exact) mass is 293 g/mol. The lowest BCUT2D eigenvalue weighted by Crippen LogP contribution is -2.49. The molecule has 0 unspecified atom stereocenters. The van der Waals surface area contributed by atoms with Crippen molar-refractivity contribution < 1.29 is 9.26 Å². The van der Waals surface area contributed by atoms with Crippen molar-refractivity contribution in [3.8, 4) is 11.6 Å². The van der Waals surface area contributed by atoms with Gasteiger partial charge >= 0.3 is 0 Å².